The average molecular weight is 531 g/mol. The van der Waals surface area contributed by atoms with Crippen LogP contribution in [0, 0.1) is 13.8 Å². The van der Waals surface area contributed by atoms with E-state index in [1.165, 1.54) is 118 Å². The van der Waals surface area contributed by atoms with Gasteiger partial charge in [0.1, 0.15) is 10.0 Å². The van der Waals surface area contributed by atoms with Crippen molar-refractivity contribution in [2.24, 2.45) is 0 Å². The molecule has 4 aromatic heterocycles. The highest BCUT2D eigenvalue weighted by molar-refractivity contribution is 7.32. The average Bonchev–Trinajstić information content (AvgIpc) is 3.55. The van der Waals surface area contributed by atoms with E-state index in [0.29, 0.717) is 0 Å². The maximum Gasteiger partial charge on any atom is 0.155 e. The van der Waals surface area contributed by atoms with Gasteiger partial charge in [-0.2, -0.15) is 0 Å². The fraction of sp³-hybridized carbons (Fsp3) is 0.571. The predicted octanol–water partition coefficient (Wildman–Crippen LogP) is 10.9. The van der Waals surface area contributed by atoms with Crippen LogP contribution in [0.1, 0.15) is 98.9 Å². The van der Waals surface area contributed by atoms with E-state index < -0.39 is 0 Å². The van der Waals surface area contributed by atoms with E-state index in [-0.39, 0.29) is 0 Å². The molecular weight excluding hydrogens is 493 g/mol. The van der Waals surface area contributed by atoms with E-state index in [1.54, 1.807) is 22.7 Å². The second-order valence-corrected chi connectivity index (χ2v) is 13.9. The Hall–Kier alpha value is -1.08. The van der Waals surface area contributed by atoms with Gasteiger partial charge in [0.25, 0.3) is 0 Å². The van der Waals surface area contributed by atoms with Crippen LogP contribution in [0.15, 0.2) is 12.1 Å². The van der Waals surface area contributed by atoms with Gasteiger partial charge < -0.3 is 0 Å². The summed E-state index contributed by atoms with van der Waals surface area (Å²) in [7, 11) is 0. The van der Waals surface area contributed by atoms with Crippen molar-refractivity contribution in [3.8, 4) is 19.8 Å². The predicted molar refractivity (Wildman–Crippen MR) is 156 cm³/mol. The zero-order valence-electron chi connectivity index (χ0n) is 21.2. The van der Waals surface area contributed by atoms with E-state index >= 15 is 0 Å². The van der Waals surface area contributed by atoms with Crippen molar-refractivity contribution in [2.75, 3.05) is 0 Å². The molecule has 0 atom stereocenters. The number of hydrogen-bond donors (Lipinski definition) is 0. The Morgan fingerprint density at radius 3 is 1.38 bits per heavy atom. The Balaban J connectivity index is 1.48. The van der Waals surface area contributed by atoms with Gasteiger partial charge in [-0.15, -0.1) is 22.7 Å². The molecule has 0 aromatic carbocycles. The Morgan fingerprint density at radius 2 is 0.971 bits per heavy atom. The van der Waals surface area contributed by atoms with E-state index in [9.17, 15) is 0 Å². The molecule has 0 amide bonds. The molecule has 4 aromatic rings. The lowest BCUT2D eigenvalue weighted by Crippen LogP contribution is -1.87. The minimum atomic E-state index is 1.11. The third kappa shape index (κ3) is 6.57. The van der Waals surface area contributed by atoms with Crippen molar-refractivity contribution >= 4 is 55.0 Å². The summed E-state index contributed by atoms with van der Waals surface area (Å²) in [6.07, 6.45) is 15.6. The van der Waals surface area contributed by atoms with Crippen LogP contribution in [0.4, 0.5) is 0 Å². The SMILES string of the molecule is CCCCCCCc1cc(C)sc1-c1nc2sc(-c3sc(C)cc3CCCCCCC)nc2s1. The van der Waals surface area contributed by atoms with Gasteiger partial charge in [0, 0.05) is 9.75 Å². The lowest BCUT2D eigenvalue weighted by atomic mass is 10.1. The van der Waals surface area contributed by atoms with Gasteiger partial charge in [-0.05, 0) is 62.8 Å². The lowest BCUT2D eigenvalue weighted by molar-refractivity contribution is 0.633. The molecule has 0 unspecified atom stereocenters. The molecule has 0 saturated heterocycles. The van der Waals surface area contributed by atoms with Crippen LogP contribution in [0.2, 0.25) is 0 Å². The van der Waals surface area contributed by atoms with Crippen LogP contribution in [-0.4, -0.2) is 9.97 Å². The van der Waals surface area contributed by atoms with E-state index in [1.807, 2.05) is 22.7 Å². The Bertz CT molecular complexity index is 1060. The number of thiazole rings is 2. The number of aryl methyl sites for hydroxylation is 4. The van der Waals surface area contributed by atoms with Crippen LogP contribution in [0.25, 0.3) is 29.4 Å². The van der Waals surface area contributed by atoms with Crippen molar-refractivity contribution in [1.29, 1.82) is 0 Å². The van der Waals surface area contributed by atoms with E-state index in [4.69, 9.17) is 9.97 Å². The first-order valence-electron chi connectivity index (χ1n) is 13.1. The summed E-state index contributed by atoms with van der Waals surface area (Å²) in [6.45, 7) is 9.01. The fourth-order valence-electron chi connectivity index (χ4n) is 4.54. The Morgan fingerprint density at radius 1 is 0.559 bits per heavy atom. The van der Waals surface area contributed by atoms with E-state index in [2.05, 4.69) is 39.8 Å². The first-order chi connectivity index (χ1) is 16.6. The number of rotatable bonds is 14. The Labute approximate surface area is 221 Å². The number of aromatic nitrogens is 2. The highest BCUT2D eigenvalue weighted by Crippen LogP contribution is 2.43. The summed E-state index contributed by atoms with van der Waals surface area (Å²) >= 11 is 7.37. The molecule has 4 rings (SSSR count). The number of hydrogen-bond acceptors (Lipinski definition) is 6. The molecule has 34 heavy (non-hydrogen) atoms. The van der Waals surface area contributed by atoms with Gasteiger partial charge in [0.05, 0.1) is 9.75 Å². The third-order valence-corrected chi connectivity index (χ3v) is 10.8. The second-order valence-electron chi connectivity index (χ2n) is 9.40. The molecule has 0 bridgehead atoms. The molecule has 4 heterocycles. The zero-order chi connectivity index (χ0) is 23.9. The molecule has 0 spiro atoms. The molecule has 0 aliphatic rings. The summed E-state index contributed by atoms with van der Waals surface area (Å²) in [6, 6.07) is 4.77. The van der Waals surface area contributed by atoms with Crippen LogP contribution in [-0.2, 0) is 12.8 Å². The number of unbranched alkanes of at least 4 members (excludes halogenated alkanes) is 8. The Kier molecular flexibility index (Phi) is 9.75. The summed E-state index contributed by atoms with van der Waals surface area (Å²) in [5.41, 5.74) is 2.97. The lowest BCUT2D eigenvalue weighted by Gasteiger charge is -2.02. The van der Waals surface area contributed by atoms with Gasteiger partial charge in [0.2, 0.25) is 0 Å². The van der Waals surface area contributed by atoms with Crippen LogP contribution >= 0.6 is 45.3 Å². The summed E-state index contributed by atoms with van der Waals surface area (Å²) in [5, 5.41) is 2.33. The van der Waals surface area contributed by atoms with Crippen LogP contribution in [0.5, 0.6) is 0 Å². The third-order valence-electron chi connectivity index (χ3n) is 6.33. The van der Waals surface area contributed by atoms with Crippen molar-refractivity contribution in [3.63, 3.8) is 0 Å². The molecule has 0 radical (unpaired) electrons. The highest BCUT2D eigenvalue weighted by Gasteiger charge is 2.19. The minimum absolute atomic E-state index is 1.11. The van der Waals surface area contributed by atoms with Crippen molar-refractivity contribution in [2.45, 2.75) is 105 Å². The van der Waals surface area contributed by atoms with Crippen molar-refractivity contribution in [3.05, 3.63) is 33.0 Å². The topological polar surface area (TPSA) is 25.8 Å². The summed E-state index contributed by atoms with van der Waals surface area (Å²) in [4.78, 5) is 17.9. The first kappa shape index (κ1) is 26.0. The molecule has 0 aliphatic heterocycles. The van der Waals surface area contributed by atoms with Crippen LogP contribution in [0.3, 0.4) is 0 Å². The smallest absolute Gasteiger partial charge is 0.155 e. The molecule has 184 valence electrons. The van der Waals surface area contributed by atoms with Gasteiger partial charge in [0.15, 0.2) is 9.66 Å². The molecular formula is C28H38N2S4. The molecule has 0 N–H and O–H groups in total. The molecule has 2 nitrogen and oxygen atoms in total. The normalized spacial score (nSPS) is 11.8. The minimum Gasteiger partial charge on any atom is -0.222 e. The summed E-state index contributed by atoms with van der Waals surface area (Å²) in [5.74, 6) is 0. The van der Waals surface area contributed by atoms with Gasteiger partial charge in [-0.3, -0.25) is 0 Å². The highest BCUT2D eigenvalue weighted by atomic mass is 32.1. The number of fused-ring (bicyclic) bond motifs is 1. The van der Waals surface area contributed by atoms with Crippen molar-refractivity contribution in [1.82, 2.24) is 9.97 Å². The van der Waals surface area contributed by atoms with Gasteiger partial charge >= 0.3 is 0 Å². The quantitative estimate of drug-likeness (QED) is 0.151. The monoisotopic (exact) mass is 530 g/mol. The molecule has 0 fully saturated rings. The number of nitrogens with zero attached hydrogens (tertiary/aromatic N) is 2. The maximum atomic E-state index is 5.08. The van der Waals surface area contributed by atoms with Crippen molar-refractivity contribution < 1.29 is 0 Å². The second kappa shape index (κ2) is 12.8. The maximum absolute atomic E-state index is 5.08. The summed E-state index contributed by atoms with van der Waals surface area (Å²) < 4.78 is 0. The number of thiophene rings is 2. The first-order valence-corrected chi connectivity index (χ1v) is 16.3. The van der Waals surface area contributed by atoms with Gasteiger partial charge in [-0.1, -0.05) is 87.9 Å². The fourth-order valence-corrected chi connectivity index (χ4v) is 8.93. The van der Waals surface area contributed by atoms with Gasteiger partial charge in [-0.25, -0.2) is 9.97 Å². The van der Waals surface area contributed by atoms with E-state index in [0.717, 1.165) is 9.66 Å². The van der Waals surface area contributed by atoms with Crippen LogP contribution < -0.4 is 0 Å². The molecule has 6 heteroatoms. The molecule has 0 saturated carbocycles. The molecule has 0 aliphatic carbocycles. The zero-order valence-corrected chi connectivity index (χ0v) is 24.4. The largest absolute Gasteiger partial charge is 0.222 e. The standard InChI is InChI=1S/C28H38N2S4/c1-5-7-9-11-13-15-21-17-19(3)31-23(21)25-29-27-28(33-25)30-26(34-27)24-22(18-20(4)32-24)16-14-12-10-8-6-2/h17-18H,5-16H2,1-4H3.